The highest BCUT2D eigenvalue weighted by Crippen LogP contribution is 2.62. The maximum Gasteiger partial charge on any atom is 0.0621 e. The average Bonchev–Trinajstić information content (AvgIpc) is 3.09. The van der Waals surface area contributed by atoms with Crippen LogP contribution in [0.3, 0.4) is 0 Å². The fourth-order valence-electron chi connectivity index (χ4n) is 7.67. The first-order valence-electron chi connectivity index (χ1n) is 13.7. The number of aliphatic hydroxyl groups is 2. The fourth-order valence-corrected chi connectivity index (χ4v) is 7.67. The summed E-state index contributed by atoms with van der Waals surface area (Å²) in [6.07, 6.45) is 15.4. The molecule has 6 heteroatoms. The molecule has 0 radical (unpaired) electrons. The van der Waals surface area contributed by atoms with Crippen molar-refractivity contribution in [2.45, 2.75) is 110 Å². The molecule has 0 aromatic rings. The highest BCUT2D eigenvalue weighted by molar-refractivity contribution is 5.60. The maximum atomic E-state index is 11.1. The van der Waals surface area contributed by atoms with Gasteiger partial charge in [-0.15, -0.1) is 0 Å². The standard InChI is InChI=1S/C27H45NO2.C2H4O2.H3N/c1-19-9-10-23-22(18-28-16-13-20-7-5-4-6-8-20)24(12-15-26(19,23)2)27(3)14-11-21(29)17-25(27)30;1-2(3)4;/h7,21-25,28-30H,1,4-6,8-18H2,2-3H3;1H3,(H,3,4);1H3/t21-,22+,23?,24?,25-,26-,27+;;/m0../s1. The van der Waals surface area contributed by atoms with E-state index in [9.17, 15) is 10.2 Å². The van der Waals surface area contributed by atoms with Crippen LogP contribution in [0.5, 0.6) is 0 Å². The van der Waals surface area contributed by atoms with Crippen LogP contribution in [-0.2, 0) is 4.79 Å². The molecule has 0 heterocycles. The molecule has 6 nitrogen and oxygen atoms in total. The summed E-state index contributed by atoms with van der Waals surface area (Å²) in [6.45, 7) is 12.4. The van der Waals surface area contributed by atoms with Gasteiger partial charge in [-0.1, -0.05) is 37.6 Å². The lowest BCUT2D eigenvalue weighted by atomic mass is 9.51. The van der Waals surface area contributed by atoms with E-state index in [0.717, 1.165) is 32.9 Å². The Morgan fingerprint density at radius 1 is 1.14 bits per heavy atom. The zero-order chi connectivity index (χ0) is 24.9. The number of nitrogens with one attached hydrogen (secondary N) is 1. The zero-order valence-corrected chi connectivity index (χ0v) is 22.8. The van der Waals surface area contributed by atoms with Crippen LogP contribution in [0.25, 0.3) is 0 Å². The number of rotatable bonds is 6. The van der Waals surface area contributed by atoms with Crippen molar-refractivity contribution in [3.63, 3.8) is 0 Å². The van der Waals surface area contributed by atoms with Crippen molar-refractivity contribution in [2.75, 3.05) is 13.1 Å². The first-order valence-corrected chi connectivity index (χ1v) is 13.7. The van der Waals surface area contributed by atoms with Gasteiger partial charge in [0.1, 0.15) is 0 Å². The molecule has 7 atom stereocenters. The molecule has 0 bridgehead atoms. The third-order valence-corrected chi connectivity index (χ3v) is 9.90. The third kappa shape index (κ3) is 6.97. The topological polar surface area (TPSA) is 129 Å². The summed E-state index contributed by atoms with van der Waals surface area (Å²) in [5.74, 6) is 0.727. The molecule has 7 N–H and O–H groups in total. The number of aliphatic hydroxyl groups excluding tert-OH is 2. The molecule has 3 saturated carbocycles. The third-order valence-electron chi connectivity index (χ3n) is 9.90. The molecule has 0 aliphatic heterocycles. The van der Waals surface area contributed by atoms with Crippen molar-refractivity contribution in [1.82, 2.24) is 11.5 Å². The molecule has 202 valence electrons. The van der Waals surface area contributed by atoms with E-state index < -0.39 is 5.97 Å². The molecule has 0 aromatic carbocycles. The first kappa shape index (κ1) is 30.0. The molecular formula is C29H52N2O4. The van der Waals surface area contributed by atoms with Gasteiger partial charge in [-0.3, -0.25) is 0 Å². The summed E-state index contributed by atoms with van der Waals surface area (Å²) < 4.78 is 0. The summed E-state index contributed by atoms with van der Waals surface area (Å²) in [6, 6.07) is 0. The predicted molar refractivity (Wildman–Crippen MR) is 141 cm³/mol. The number of carboxylic acid groups (broad SMARTS) is 1. The first-order chi connectivity index (χ1) is 16.1. The summed E-state index contributed by atoms with van der Waals surface area (Å²) in [7, 11) is 0. The summed E-state index contributed by atoms with van der Waals surface area (Å²) in [5, 5.41) is 33.9. The molecule has 35 heavy (non-hydrogen) atoms. The second kappa shape index (κ2) is 12.8. The van der Waals surface area contributed by atoms with Crippen molar-refractivity contribution < 1.29 is 20.1 Å². The van der Waals surface area contributed by atoms with Crippen LogP contribution >= 0.6 is 0 Å². The monoisotopic (exact) mass is 492 g/mol. The Bertz CT molecular complexity index is 749. The number of hydrogen-bond donors (Lipinski definition) is 4. The highest BCUT2D eigenvalue weighted by atomic mass is 16.4. The SMILES string of the molecule is C=C1CCC2[C@@H](CNCCC3=CCCCC3)C([C@@]3(C)CC[C@H](O)C[C@@H]3O)CC[C@@]12C.CC(=O)[O-].[NH4+]. The fraction of sp³-hybridized carbons (Fsp3) is 0.828. The summed E-state index contributed by atoms with van der Waals surface area (Å²) >= 11 is 0. The van der Waals surface area contributed by atoms with Gasteiger partial charge in [0.15, 0.2) is 0 Å². The van der Waals surface area contributed by atoms with E-state index in [4.69, 9.17) is 9.90 Å². The van der Waals surface area contributed by atoms with Crippen LogP contribution in [0.2, 0.25) is 0 Å². The number of hydrogen-bond acceptors (Lipinski definition) is 5. The smallest absolute Gasteiger partial charge is 0.0621 e. The lowest BCUT2D eigenvalue weighted by Crippen LogP contribution is -2.54. The van der Waals surface area contributed by atoms with E-state index in [0.29, 0.717) is 24.2 Å². The number of carbonyl (C=O) groups excluding carboxylic acids is 1. The van der Waals surface area contributed by atoms with E-state index in [2.05, 4.69) is 31.8 Å². The van der Waals surface area contributed by atoms with Gasteiger partial charge in [-0.05, 0) is 126 Å². The normalized spacial score (nSPS) is 38.9. The Kier molecular flexibility index (Phi) is 11.0. The lowest BCUT2D eigenvalue weighted by molar-refractivity contribution is -0.302. The lowest BCUT2D eigenvalue weighted by Gasteiger charge is -2.55. The van der Waals surface area contributed by atoms with Crippen LogP contribution in [0, 0.1) is 28.6 Å². The molecule has 0 amide bonds. The highest BCUT2D eigenvalue weighted by Gasteiger charge is 2.56. The molecule has 4 aliphatic carbocycles. The Morgan fingerprint density at radius 3 is 2.49 bits per heavy atom. The molecule has 3 fully saturated rings. The second-order valence-corrected chi connectivity index (χ2v) is 12.0. The van der Waals surface area contributed by atoms with E-state index >= 15 is 0 Å². The van der Waals surface area contributed by atoms with Crippen LogP contribution in [0.1, 0.15) is 97.8 Å². The van der Waals surface area contributed by atoms with Gasteiger partial charge in [0.25, 0.3) is 0 Å². The number of carbonyl (C=O) groups is 1. The number of quaternary nitrogens is 1. The Morgan fingerprint density at radius 2 is 1.86 bits per heavy atom. The number of fused-ring (bicyclic) bond motifs is 1. The summed E-state index contributed by atoms with van der Waals surface area (Å²) in [4.78, 5) is 8.89. The minimum Gasteiger partial charge on any atom is -0.550 e. The number of carboxylic acids is 1. The Balaban J connectivity index is 0.000000804. The van der Waals surface area contributed by atoms with Crippen molar-refractivity contribution in [3.8, 4) is 0 Å². The van der Waals surface area contributed by atoms with Gasteiger partial charge >= 0.3 is 0 Å². The van der Waals surface area contributed by atoms with E-state index in [1.165, 1.54) is 63.4 Å². The van der Waals surface area contributed by atoms with Crippen molar-refractivity contribution in [3.05, 3.63) is 23.8 Å². The molecular weight excluding hydrogens is 440 g/mol. The predicted octanol–water partition coefficient (Wildman–Crippen LogP) is 4.51. The quantitative estimate of drug-likeness (QED) is 0.320. The average molecular weight is 493 g/mol. The Hall–Kier alpha value is -1.21. The van der Waals surface area contributed by atoms with Gasteiger partial charge < -0.3 is 31.6 Å². The maximum absolute atomic E-state index is 11.1. The number of allylic oxidation sites excluding steroid dienone is 2. The second-order valence-electron chi connectivity index (χ2n) is 12.0. The minimum atomic E-state index is -1.08. The zero-order valence-electron chi connectivity index (χ0n) is 22.8. The molecule has 4 rings (SSSR count). The Labute approximate surface area is 213 Å². The van der Waals surface area contributed by atoms with Gasteiger partial charge in [0.05, 0.1) is 12.2 Å². The molecule has 0 spiro atoms. The van der Waals surface area contributed by atoms with Crippen LogP contribution in [-0.4, -0.2) is 41.5 Å². The number of aliphatic carboxylic acids is 1. The van der Waals surface area contributed by atoms with Gasteiger partial charge in [0, 0.05) is 5.97 Å². The van der Waals surface area contributed by atoms with Crippen molar-refractivity contribution in [1.29, 1.82) is 0 Å². The van der Waals surface area contributed by atoms with Crippen LogP contribution in [0.4, 0.5) is 0 Å². The molecule has 2 unspecified atom stereocenters. The summed E-state index contributed by atoms with van der Waals surface area (Å²) in [5.41, 5.74) is 3.33. The van der Waals surface area contributed by atoms with Crippen LogP contribution < -0.4 is 16.6 Å². The van der Waals surface area contributed by atoms with Crippen molar-refractivity contribution in [2.24, 2.45) is 28.6 Å². The largest absolute Gasteiger partial charge is 0.550 e. The van der Waals surface area contributed by atoms with E-state index in [-0.39, 0.29) is 29.2 Å². The molecule has 0 saturated heterocycles. The van der Waals surface area contributed by atoms with E-state index in [1.54, 1.807) is 5.57 Å². The van der Waals surface area contributed by atoms with Crippen LogP contribution in [0.15, 0.2) is 23.8 Å². The minimum absolute atomic E-state index is 0. The van der Waals surface area contributed by atoms with Gasteiger partial charge in [-0.25, -0.2) is 0 Å². The van der Waals surface area contributed by atoms with Crippen molar-refractivity contribution >= 4 is 5.97 Å². The molecule has 0 aromatic heterocycles. The van der Waals surface area contributed by atoms with Gasteiger partial charge in [0.2, 0.25) is 0 Å². The molecule has 4 aliphatic rings. The van der Waals surface area contributed by atoms with Gasteiger partial charge in [-0.2, -0.15) is 0 Å². The van der Waals surface area contributed by atoms with E-state index in [1.807, 2.05) is 0 Å².